The molecule has 1 heterocycles. The Labute approximate surface area is 126 Å². The summed E-state index contributed by atoms with van der Waals surface area (Å²) in [7, 11) is 0. The molecule has 0 saturated heterocycles. The van der Waals surface area contributed by atoms with E-state index in [1.165, 1.54) is 5.56 Å². The number of carboxylic acids is 1. The molecule has 0 radical (unpaired) electrons. The predicted molar refractivity (Wildman–Crippen MR) is 82.3 cm³/mol. The van der Waals surface area contributed by atoms with Crippen LogP contribution in [0.1, 0.15) is 31.4 Å². The van der Waals surface area contributed by atoms with Gasteiger partial charge in [-0.1, -0.05) is 38.1 Å². The van der Waals surface area contributed by atoms with Crippen LogP contribution in [0.2, 0.25) is 0 Å². The van der Waals surface area contributed by atoms with E-state index < -0.39 is 12.0 Å². The second kappa shape index (κ2) is 7.57. The fourth-order valence-corrected chi connectivity index (χ4v) is 2.66. The van der Waals surface area contributed by atoms with Crippen LogP contribution in [0.25, 0.3) is 0 Å². The van der Waals surface area contributed by atoms with E-state index in [4.69, 9.17) is 4.74 Å². The number of ether oxygens (including phenoxy) is 1. The van der Waals surface area contributed by atoms with E-state index in [-0.39, 0.29) is 0 Å². The second-order valence-corrected chi connectivity index (χ2v) is 6.09. The Bertz CT molecular complexity index is 473. The van der Waals surface area contributed by atoms with Crippen LogP contribution in [0.5, 0.6) is 0 Å². The van der Waals surface area contributed by atoms with Gasteiger partial charge in [-0.2, -0.15) is 0 Å². The lowest BCUT2D eigenvalue weighted by Crippen LogP contribution is -2.46. The highest BCUT2D eigenvalue weighted by Gasteiger charge is 2.30. The first-order valence-electron chi connectivity index (χ1n) is 7.69. The Morgan fingerprint density at radius 3 is 2.71 bits per heavy atom. The smallest absolute Gasteiger partial charge is 0.321 e. The van der Waals surface area contributed by atoms with Gasteiger partial charge in [0.05, 0.1) is 6.61 Å². The highest BCUT2D eigenvalue weighted by atomic mass is 16.5. The number of carboxylic acid groups (broad SMARTS) is 1. The Kier molecular flexibility index (Phi) is 5.76. The summed E-state index contributed by atoms with van der Waals surface area (Å²) in [5.41, 5.74) is 2.39. The molecule has 0 bridgehead atoms. The van der Waals surface area contributed by atoms with Gasteiger partial charge in [-0.25, -0.2) is 0 Å². The first kappa shape index (κ1) is 16.0. The van der Waals surface area contributed by atoms with Crippen molar-refractivity contribution in [2.45, 2.75) is 39.3 Å². The molecule has 1 unspecified atom stereocenters. The third kappa shape index (κ3) is 4.55. The fraction of sp³-hybridized carbons (Fsp3) is 0.588. The number of rotatable bonds is 7. The van der Waals surface area contributed by atoms with E-state index in [0.717, 1.165) is 18.6 Å². The maximum Gasteiger partial charge on any atom is 0.321 e. The molecule has 116 valence electrons. The number of carbonyl (C=O) groups is 1. The quantitative estimate of drug-likeness (QED) is 0.784. The van der Waals surface area contributed by atoms with Gasteiger partial charge in [0.1, 0.15) is 6.04 Å². The molecule has 1 aliphatic rings. The average molecular weight is 291 g/mol. The molecule has 0 spiro atoms. The van der Waals surface area contributed by atoms with E-state index in [1.807, 2.05) is 23.1 Å². The van der Waals surface area contributed by atoms with Crippen LogP contribution in [0.15, 0.2) is 24.3 Å². The van der Waals surface area contributed by atoms with Crippen LogP contribution in [-0.2, 0) is 22.5 Å². The van der Waals surface area contributed by atoms with Crippen molar-refractivity contribution in [1.29, 1.82) is 0 Å². The van der Waals surface area contributed by atoms with E-state index >= 15 is 0 Å². The third-order valence-corrected chi connectivity index (χ3v) is 3.99. The van der Waals surface area contributed by atoms with E-state index in [0.29, 0.717) is 32.0 Å². The van der Waals surface area contributed by atoms with Gasteiger partial charge in [-0.3, -0.25) is 9.69 Å². The number of hydrogen-bond donors (Lipinski definition) is 1. The minimum atomic E-state index is -0.744. The van der Waals surface area contributed by atoms with Crippen LogP contribution in [0, 0.1) is 5.92 Å². The summed E-state index contributed by atoms with van der Waals surface area (Å²) >= 11 is 0. The molecule has 0 fully saturated rings. The Morgan fingerprint density at radius 2 is 2.05 bits per heavy atom. The fourth-order valence-electron chi connectivity index (χ4n) is 2.66. The van der Waals surface area contributed by atoms with Crippen molar-refractivity contribution in [1.82, 2.24) is 4.90 Å². The van der Waals surface area contributed by atoms with Crippen LogP contribution < -0.4 is 0 Å². The zero-order chi connectivity index (χ0) is 15.2. The first-order valence-corrected chi connectivity index (χ1v) is 7.69. The largest absolute Gasteiger partial charge is 0.480 e. The average Bonchev–Trinajstić information content (AvgIpc) is 2.45. The van der Waals surface area contributed by atoms with Crippen molar-refractivity contribution in [3.05, 3.63) is 35.4 Å². The summed E-state index contributed by atoms with van der Waals surface area (Å²) in [5.74, 6) is -0.106. The topological polar surface area (TPSA) is 49.8 Å². The van der Waals surface area contributed by atoms with Gasteiger partial charge in [-0.05, 0) is 29.9 Å². The van der Waals surface area contributed by atoms with Crippen molar-refractivity contribution in [2.75, 3.05) is 19.8 Å². The maximum atomic E-state index is 11.5. The first-order chi connectivity index (χ1) is 10.1. The van der Waals surface area contributed by atoms with Crippen molar-refractivity contribution < 1.29 is 14.6 Å². The lowest BCUT2D eigenvalue weighted by Gasteiger charge is -2.34. The van der Waals surface area contributed by atoms with E-state index in [9.17, 15) is 9.90 Å². The van der Waals surface area contributed by atoms with Crippen molar-refractivity contribution in [3.63, 3.8) is 0 Å². The SMILES string of the molecule is CC(C)CCOCCN1Cc2ccccc2CC1C(=O)O. The monoisotopic (exact) mass is 291 g/mol. The van der Waals surface area contributed by atoms with Crippen LogP contribution in [0.4, 0.5) is 0 Å². The van der Waals surface area contributed by atoms with E-state index in [2.05, 4.69) is 19.9 Å². The minimum Gasteiger partial charge on any atom is -0.480 e. The van der Waals surface area contributed by atoms with Crippen LogP contribution in [0.3, 0.4) is 0 Å². The molecule has 0 saturated carbocycles. The summed E-state index contributed by atoms with van der Waals surface area (Å²) in [4.78, 5) is 13.5. The standard InChI is InChI=1S/C17H25NO3/c1-13(2)7-9-21-10-8-18-12-15-6-4-3-5-14(15)11-16(18)17(19)20/h3-6,13,16H,7-12H2,1-2H3,(H,19,20). The van der Waals surface area contributed by atoms with Gasteiger partial charge >= 0.3 is 5.97 Å². The zero-order valence-electron chi connectivity index (χ0n) is 12.9. The number of aliphatic carboxylic acids is 1. The molecule has 21 heavy (non-hydrogen) atoms. The molecule has 1 aromatic rings. The summed E-state index contributed by atoms with van der Waals surface area (Å²) in [6.45, 7) is 7.05. The summed E-state index contributed by atoms with van der Waals surface area (Å²) in [5, 5.41) is 9.43. The Balaban J connectivity index is 1.89. The van der Waals surface area contributed by atoms with Gasteiger partial charge in [0.2, 0.25) is 0 Å². The lowest BCUT2D eigenvalue weighted by atomic mass is 9.94. The number of benzene rings is 1. The molecule has 1 atom stereocenters. The number of fused-ring (bicyclic) bond motifs is 1. The molecule has 4 nitrogen and oxygen atoms in total. The van der Waals surface area contributed by atoms with Crippen molar-refractivity contribution >= 4 is 5.97 Å². The van der Waals surface area contributed by atoms with Gasteiger partial charge in [-0.15, -0.1) is 0 Å². The van der Waals surface area contributed by atoms with Gasteiger partial charge in [0.25, 0.3) is 0 Å². The number of nitrogens with zero attached hydrogens (tertiary/aromatic N) is 1. The van der Waals surface area contributed by atoms with Gasteiger partial charge in [0.15, 0.2) is 0 Å². The minimum absolute atomic E-state index is 0.436. The second-order valence-electron chi connectivity index (χ2n) is 6.09. The molecule has 0 aliphatic carbocycles. The molecule has 2 rings (SSSR count). The molecule has 4 heteroatoms. The third-order valence-electron chi connectivity index (χ3n) is 3.99. The predicted octanol–water partition coefficient (Wildman–Crippen LogP) is 2.56. The molecule has 1 aromatic carbocycles. The molecular formula is C17H25NO3. The summed E-state index contributed by atoms with van der Waals surface area (Å²) in [6, 6.07) is 7.66. The van der Waals surface area contributed by atoms with E-state index in [1.54, 1.807) is 0 Å². The normalized spacial score (nSPS) is 18.7. The highest BCUT2D eigenvalue weighted by Crippen LogP contribution is 2.23. The lowest BCUT2D eigenvalue weighted by molar-refractivity contribution is -0.144. The summed E-state index contributed by atoms with van der Waals surface area (Å²) < 4.78 is 5.63. The maximum absolute atomic E-state index is 11.5. The van der Waals surface area contributed by atoms with Crippen molar-refractivity contribution in [3.8, 4) is 0 Å². The van der Waals surface area contributed by atoms with Crippen LogP contribution in [-0.4, -0.2) is 41.8 Å². The molecule has 1 N–H and O–H groups in total. The van der Waals surface area contributed by atoms with Crippen molar-refractivity contribution in [2.24, 2.45) is 5.92 Å². The van der Waals surface area contributed by atoms with Gasteiger partial charge in [0, 0.05) is 19.7 Å². The Morgan fingerprint density at radius 1 is 1.33 bits per heavy atom. The summed E-state index contributed by atoms with van der Waals surface area (Å²) in [6.07, 6.45) is 1.63. The van der Waals surface area contributed by atoms with Crippen LogP contribution >= 0.6 is 0 Å². The Hall–Kier alpha value is -1.39. The molecule has 0 amide bonds. The van der Waals surface area contributed by atoms with Gasteiger partial charge < -0.3 is 9.84 Å². The zero-order valence-corrected chi connectivity index (χ0v) is 12.9. The molecule has 0 aromatic heterocycles. The molecular weight excluding hydrogens is 266 g/mol. The number of hydrogen-bond acceptors (Lipinski definition) is 3. The molecule has 1 aliphatic heterocycles. The highest BCUT2D eigenvalue weighted by molar-refractivity contribution is 5.74.